The second kappa shape index (κ2) is 26.9. The maximum absolute atomic E-state index is 9.73. The predicted octanol–water partition coefficient (Wildman–Crippen LogP) is 3.16. The van der Waals surface area contributed by atoms with Crippen LogP contribution in [0.5, 0.6) is 11.5 Å². The van der Waals surface area contributed by atoms with Gasteiger partial charge in [0.1, 0.15) is 36.9 Å². The third-order valence-corrected chi connectivity index (χ3v) is 6.00. The second-order valence-corrected chi connectivity index (χ2v) is 11.1. The molecule has 0 amide bonds. The first kappa shape index (κ1) is 42.7. The number of carbonyl (C=O) groups is 2. The molecule has 2 rings (SSSR count). The van der Waals surface area contributed by atoms with Gasteiger partial charge < -0.3 is 50.0 Å². The van der Waals surface area contributed by atoms with E-state index in [4.69, 9.17) is 29.2 Å². The average Bonchev–Trinajstić information content (AvgIpc) is 3.03. The Hall–Kier alpha value is -3.26. The zero-order valence-electron chi connectivity index (χ0n) is 28.2. The monoisotopic (exact) mass is 652 g/mol. The summed E-state index contributed by atoms with van der Waals surface area (Å²) < 4.78 is 21.1. The van der Waals surface area contributed by atoms with E-state index in [1.165, 1.54) is 11.1 Å². The van der Waals surface area contributed by atoms with E-state index in [0.29, 0.717) is 38.4 Å². The van der Waals surface area contributed by atoms with Gasteiger partial charge in [0.2, 0.25) is 0 Å². The Labute approximate surface area is 274 Å². The molecule has 2 aromatic carbocycles. The molecule has 2 aromatic rings. The molecule has 0 aliphatic heterocycles. The Kier molecular flexibility index (Phi) is 25.0. The van der Waals surface area contributed by atoms with E-state index in [9.17, 15) is 19.8 Å². The van der Waals surface area contributed by atoms with Crippen molar-refractivity contribution in [3.05, 3.63) is 59.7 Å². The molecule has 262 valence electrons. The molecule has 2 atom stereocenters. The molecule has 0 heterocycles. The van der Waals surface area contributed by atoms with Gasteiger partial charge in [0, 0.05) is 39.4 Å². The van der Waals surface area contributed by atoms with Gasteiger partial charge in [-0.2, -0.15) is 0 Å². The van der Waals surface area contributed by atoms with Crippen LogP contribution in [0.3, 0.4) is 0 Å². The molecule has 0 radical (unpaired) electrons. The van der Waals surface area contributed by atoms with Gasteiger partial charge in [-0.25, -0.2) is 0 Å². The summed E-state index contributed by atoms with van der Waals surface area (Å²) in [5.74, 6) is -0.589. The SMILES string of the molecule is COCCc1ccc(OC[C@@H](O)CNC(C)C)cc1.COCCc1ccc(OC[C@H](O)CNC(C)C)cc1.O=C(O)CCC(=O)O. The van der Waals surface area contributed by atoms with Crippen molar-refractivity contribution >= 4 is 11.9 Å². The number of nitrogens with one attached hydrogen (secondary N) is 2. The molecule has 0 saturated carbocycles. The fourth-order valence-corrected chi connectivity index (χ4v) is 3.40. The predicted molar refractivity (Wildman–Crippen MR) is 178 cm³/mol. The van der Waals surface area contributed by atoms with Gasteiger partial charge in [0.15, 0.2) is 0 Å². The summed E-state index contributed by atoms with van der Waals surface area (Å²) in [5.41, 5.74) is 2.44. The van der Waals surface area contributed by atoms with Crippen LogP contribution in [0.2, 0.25) is 0 Å². The normalized spacial score (nSPS) is 12.0. The van der Waals surface area contributed by atoms with Crippen molar-refractivity contribution < 1.29 is 49.0 Å². The highest BCUT2D eigenvalue weighted by molar-refractivity contribution is 5.75. The summed E-state index contributed by atoms with van der Waals surface area (Å²) in [6.45, 7) is 11.3. The largest absolute Gasteiger partial charge is 0.491 e. The van der Waals surface area contributed by atoms with Crippen LogP contribution < -0.4 is 20.1 Å². The molecule has 6 N–H and O–H groups in total. The molecule has 0 bridgehead atoms. The zero-order valence-corrected chi connectivity index (χ0v) is 28.2. The first-order valence-corrected chi connectivity index (χ1v) is 15.5. The lowest BCUT2D eigenvalue weighted by molar-refractivity contribution is -0.143. The van der Waals surface area contributed by atoms with Crippen molar-refractivity contribution in [2.75, 3.05) is 53.7 Å². The van der Waals surface area contributed by atoms with Crippen LogP contribution in [0.15, 0.2) is 48.5 Å². The minimum atomic E-state index is -1.08. The van der Waals surface area contributed by atoms with Gasteiger partial charge in [-0.3, -0.25) is 9.59 Å². The molecule has 0 fully saturated rings. The molecule has 0 unspecified atom stereocenters. The van der Waals surface area contributed by atoms with E-state index >= 15 is 0 Å². The van der Waals surface area contributed by atoms with Gasteiger partial charge in [-0.1, -0.05) is 52.0 Å². The van der Waals surface area contributed by atoms with Crippen molar-refractivity contribution in [1.82, 2.24) is 10.6 Å². The quantitative estimate of drug-likeness (QED) is 0.116. The number of carboxylic acids is 2. The molecular formula is C34H56N2O10. The van der Waals surface area contributed by atoms with Crippen LogP contribution in [0, 0.1) is 0 Å². The van der Waals surface area contributed by atoms with E-state index < -0.39 is 24.1 Å². The maximum Gasteiger partial charge on any atom is 0.303 e. The molecule has 0 aliphatic rings. The van der Waals surface area contributed by atoms with Crippen LogP contribution in [0.4, 0.5) is 0 Å². The molecule has 0 saturated heterocycles. The molecule has 0 aromatic heterocycles. The highest BCUT2D eigenvalue weighted by atomic mass is 16.5. The lowest BCUT2D eigenvalue weighted by Crippen LogP contribution is -2.35. The van der Waals surface area contributed by atoms with Gasteiger partial charge in [0.25, 0.3) is 0 Å². The van der Waals surface area contributed by atoms with Crippen molar-refractivity contribution in [3.63, 3.8) is 0 Å². The van der Waals surface area contributed by atoms with Crippen molar-refractivity contribution in [1.29, 1.82) is 0 Å². The number of methoxy groups -OCH3 is 2. The minimum absolute atomic E-state index is 0.296. The molecular weight excluding hydrogens is 596 g/mol. The minimum Gasteiger partial charge on any atom is -0.491 e. The molecule has 46 heavy (non-hydrogen) atoms. The Morgan fingerprint density at radius 3 is 1.22 bits per heavy atom. The number of aliphatic hydroxyl groups is 2. The number of carboxylic acid groups (broad SMARTS) is 2. The van der Waals surface area contributed by atoms with E-state index in [1.807, 2.05) is 76.2 Å². The van der Waals surface area contributed by atoms with Gasteiger partial charge in [-0.05, 0) is 48.2 Å². The van der Waals surface area contributed by atoms with Crippen molar-refractivity contribution in [2.45, 2.75) is 77.7 Å². The summed E-state index contributed by atoms with van der Waals surface area (Å²) in [6.07, 6.45) is 0.228. The molecule has 12 nitrogen and oxygen atoms in total. The summed E-state index contributed by atoms with van der Waals surface area (Å²) in [4.78, 5) is 19.3. The third-order valence-electron chi connectivity index (χ3n) is 6.00. The fraction of sp³-hybridized carbons (Fsp3) is 0.588. The average molecular weight is 653 g/mol. The number of benzene rings is 2. The number of aliphatic hydroxyl groups excluding tert-OH is 2. The summed E-state index contributed by atoms with van der Waals surface area (Å²) >= 11 is 0. The van der Waals surface area contributed by atoms with E-state index in [-0.39, 0.29) is 12.8 Å². The third kappa shape index (κ3) is 26.0. The van der Waals surface area contributed by atoms with E-state index in [1.54, 1.807) is 14.2 Å². The zero-order chi connectivity index (χ0) is 34.7. The fourth-order valence-electron chi connectivity index (χ4n) is 3.40. The van der Waals surface area contributed by atoms with Crippen molar-refractivity contribution in [2.24, 2.45) is 0 Å². The summed E-state index contributed by atoms with van der Waals surface area (Å²) in [6, 6.07) is 16.5. The Morgan fingerprint density at radius 1 is 0.630 bits per heavy atom. The number of aliphatic carboxylic acids is 2. The van der Waals surface area contributed by atoms with E-state index in [2.05, 4.69) is 10.6 Å². The highest BCUT2D eigenvalue weighted by Gasteiger charge is 2.07. The number of hydrogen-bond donors (Lipinski definition) is 6. The Morgan fingerprint density at radius 2 is 0.957 bits per heavy atom. The summed E-state index contributed by atoms with van der Waals surface area (Å²) in [5, 5.41) is 41.6. The van der Waals surface area contributed by atoms with Crippen molar-refractivity contribution in [3.8, 4) is 11.5 Å². The number of rotatable bonds is 21. The Bertz CT molecular complexity index is 950. The topological polar surface area (TPSA) is 176 Å². The first-order valence-electron chi connectivity index (χ1n) is 15.5. The van der Waals surface area contributed by atoms with Crippen LogP contribution in [0.1, 0.15) is 51.7 Å². The second-order valence-electron chi connectivity index (χ2n) is 11.1. The highest BCUT2D eigenvalue weighted by Crippen LogP contribution is 2.14. The van der Waals surface area contributed by atoms with Crippen LogP contribution in [-0.2, 0) is 31.9 Å². The van der Waals surface area contributed by atoms with Gasteiger partial charge in [-0.15, -0.1) is 0 Å². The van der Waals surface area contributed by atoms with Gasteiger partial charge in [0.05, 0.1) is 26.1 Å². The lowest BCUT2D eigenvalue weighted by atomic mass is 10.1. The van der Waals surface area contributed by atoms with Crippen LogP contribution in [-0.4, -0.2) is 110 Å². The van der Waals surface area contributed by atoms with Gasteiger partial charge >= 0.3 is 11.9 Å². The first-order chi connectivity index (χ1) is 21.9. The number of ether oxygens (including phenoxy) is 4. The molecule has 12 heteroatoms. The van der Waals surface area contributed by atoms with Crippen LogP contribution in [0.25, 0.3) is 0 Å². The Balaban J connectivity index is 0.000000716. The molecule has 0 spiro atoms. The maximum atomic E-state index is 9.73. The number of hydrogen-bond acceptors (Lipinski definition) is 10. The molecule has 0 aliphatic carbocycles. The smallest absolute Gasteiger partial charge is 0.303 e. The lowest BCUT2D eigenvalue weighted by Gasteiger charge is -2.15. The standard InChI is InChI=1S/2C15H25NO3.C4H6O4/c2*1-12(2)16-10-14(17)11-19-15-6-4-13(5-7-15)8-9-18-3;5-3(6)1-2-4(7)8/h2*4-7,12,14,16-17H,8-11H2,1-3H3;1-2H2,(H,5,6)(H,7,8)/t2*14-;/m10./s1. The van der Waals surface area contributed by atoms with Crippen LogP contribution >= 0.6 is 0 Å². The van der Waals surface area contributed by atoms with E-state index in [0.717, 1.165) is 37.6 Å². The summed E-state index contributed by atoms with van der Waals surface area (Å²) in [7, 11) is 3.40.